The number of aryl methyl sites for hydroxylation is 1. The SMILES string of the molecule is COC(=O)c1cccc(NC(=O)c2cc(NC3CC3)nc(C)n2)c1. The average Bonchev–Trinajstić information content (AvgIpc) is 3.37. The van der Waals surface area contributed by atoms with Crippen LogP contribution in [0.3, 0.4) is 0 Å². The zero-order valence-electron chi connectivity index (χ0n) is 13.5. The molecule has 2 aromatic rings. The topological polar surface area (TPSA) is 93.2 Å². The maximum Gasteiger partial charge on any atom is 0.337 e. The highest BCUT2D eigenvalue weighted by Crippen LogP contribution is 2.24. The molecule has 0 spiro atoms. The van der Waals surface area contributed by atoms with Crippen molar-refractivity contribution in [3.8, 4) is 0 Å². The number of nitrogens with one attached hydrogen (secondary N) is 2. The zero-order valence-corrected chi connectivity index (χ0v) is 13.5. The van der Waals surface area contributed by atoms with Crippen molar-refractivity contribution in [3.63, 3.8) is 0 Å². The molecule has 0 unspecified atom stereocenters. The van der Waals surface area contributed by atoms with Crippen LogP contribution in [-0.2, 0) is 4.74 Å². The van der Waals surface area contributed by atoms with Gasteiger partial charge in [0.2, 0.25) is 0 Å². The highest BCUT2D eigenvalue weighted by molar-refractivity contribution is 6.04. The van der Waals surface area contributed by atoms with Gasteiger partial charge in [-0.15, -0.1) is 0 Å². The highest BCUT2D eigenvalue weighted by Gasteiger charge is 2.22. The summed E-state index contributed by atoms with van der Waals surface area (Å²) in [4.78, 5) is 32.4. The van der Waals surface area contributed by atoms with Crippen LogP contribution in [-0.4, -0.2) is 35.0 Å². The number of benzene rings is 1. The van der Waals surface area contributed by atoms with Crippen LogP contribution >= 0.6 is 0 Å². The number of ether oxygens (including phenoxy) is 1. The minimum atomic E-state index is -0.458. The summed E-state index contributed by atoms with van der Waals surface area (Å²) in [5, 5.41) is 5.99. The first-order valence-electron chi connectivity index (χ1n) is 7.67. The van der Waals surface area contributed by atoms with Crippen LogP contribution in [0.2, 0.25) is 0 Å². The molecule has 1 heterocycles. The van der Waals surface area contributed by atoms with E-state index >= 15 is 0 Å². The van der Waals surface area contributed by atoms with Gasteiger partial charge < -0.3 is 15.4 Å². The van der Waals surface area contributed by atoms with E-state index in [1.54, 1.807) is 37.3 Å². The Bertz CT molecular complexity index is 787. The molecule has 7 nitrogen and oxygen atoms in total. The highest BCUT2D eigenvalue weighted by atomic mass is 16.5. The van der Waals surface area contributed by atoms with Crippen molar-refractivity contribution in [2.75, 3.05) is 17.7 Å². The lowest BCUT2D eigenvalue weighted by Crippen LogP contribution is -2.16. The van der Waals surface area contributed by atoms with E-state index in [-0.39, 0.29) is 11.6 Å². The molecule has 3 rings (SSSR count). The van der Waals surface area contributed by atoms with E-state index in [1.807, 2.05) is 0 Å². The first-order chi connectivity index (χ1) is 11.5. The molecule has 0 saturated heterocycles. The van der Waals surface area contributed by atoms with Gasteiger partial charge >= 0.3 is 5.97 Å². The minimum Gasteiger partial charge on any atom is -0.465 e. The van der Waals surface area contributed by atoms with Crippen molar-refractivity contribution in [1.29, 1.82) is 0 Å². The summed E-state index contributed by atoms with van der Waals surface area (Å²) >= 11 is 0. The monoisotopic (exact) mass is 326 g/mol. The van der Waals surface area contributed by atoms with Crippen LogP contribution in [0.15, 0.2) is 30.3 Å². The molecule has 1 saturated carbocycles. The Morgan fingerprint density at radius 1 is 1.21 bits per heavy atom. The minimum absolute atomic E-state index is 0.272. The van der Waals surface area contributed by atoms with Crippen LogP contribution in [0, 0.1) is 6.92 Å². The normalized spacial score (nSPS) is 13.2. The molecule has 0 bridgehead atoms. The van der Waals surface area contributed by atoms with Gasteiger partial charge in [0, 0.05) is 17.8 Å². The lowest BCUT2D eigenvalue weighted by Gasteiger charge is -2.09. The smallest absolute Gasteiger partial charge is 0.337 e. The summed E-state index contributed by atoms with van der Waals surface area (Å²) in [7, 11) is 1.31. The molecule has 1 aliphatic carbocycles. The molecule has 2 N–H and O–H groups in total. The van der Waals surface area contributed by atoms with E-state index in [9.17, 15) is 9.59 Å². The zero-order chi connectivity index (χ0) is 17.1. The molecule has 1 aromatic heterocycles. The van der Waals surface area contributed by atoms with E-state index in [4.69, 9.17) is 0 Å². The summed E-state index contributed by atoms with van der Waals surface area (Å²) in [6.07, 6.45) is 2.23. The van der Waals surface area contributed by atoms with E-state index < -0.39 is 5.97 Å². The molecule has 7 heteroatoms. The quantitative estimate of drug-likeness (QED) is 0.820. The number of methoxy groups -OCH3 is 1. The maximum atomic E-state index is 12.4. The summed E-state index contributed by atoms with van der Waals surface area (Å²) in [5.41, 5.74) is 1.13. The number of aromatic nitrogens is 2. The fourth-order valence-corrected chi connectivity index (χ4v) is 2.23. The largest absolute Gasteiger partial charge is 0.465 e. The van der Waals surface area contributed by atoms with Gasteiger partial charge in [-0.2, -0.15) is 0 Å². The van der Waals surface area contributed by atoms with E-state index in [1.165, 1.54) is 7.11 Å². The summed E-state index contributed by atoms with van der Waals surface area (Å²) in [5.74, 6) is 0.355. The second-order valence-corrected chi connectivity index (χ2v) is 5.63. The number of rotatable bonds is 5. The maximum absolute atomic E-state index is 12.4. The summed E-state index contributed by atoms with van der Waals surface area (Å²) < 4.78 is 4.67. The van der Waals surface area contributed by atoms with Gasteiger partial charge in [-0.05, 0) is 38.0 Å². The number of hydrogen-bond donors (Lipinski definition) is 2. The van der Waals surface area contributed by atoms with E-state index in [0.29, 0.717) is 28.9 Å². The Kier molecular flexibility index (Phi) is 4.41. The predicted octanol–water partition coefficient (Wildman–Crippen LogP) is 2.40. The molecular weight excluding hydrogens is 308 g/mol. The van der Waals surface area contributed by atoms with Crippen LogP contribution < -0.4 is 10.6 Å². The molecule has 24 heavy (non-hydrogen) atoms. The fourth-order valence-electron chi connectivity index (χ4n) is 2.23. The first-order valence-corrected chi connectivity index (χ1v) is 7.67. The number of carbonyl (C=O) groups excluding carboxylic acids is 2. The van der Waals surface area contributed by atoms with Gasteiger partial charge in [-0.25, -0.2) is 14.8 Å². The van der Waals surface area contributed by atoms with Crippen molar-refractivity contribution in [1.82, 2.24) is 9.97 Å². The second kappa shape index (κ2) is 6.66. The summed E-state index contributed by atoms with van der Waals surface area (Å²) in [6, 6.07) is 8.61. The van der Waals surface area contributed by atoms with Crippen LogP contribution in [0.4, 0.5) is 11.5 Å². The first kappa shape index (κ1) is 15.9. The van der Waals surface area contributed by atoms with Crippen molar-refractivity contribution < 1.29 is 14.3 Å². The molecule has 1 amide bonds. The van der Waals surface area contributed by atoms with E-state index in [0.717, 1.165) is 12.8 Å². The molecular formula is C17H18N4O3. The lowest BCUT2D eigenvalue weighted by molar-refractivity contribution is 0.0600. The Morgan fingerprint density at radius 3 is 2.71 bits per heavy atom. The third kappa shape index (κ3) is 3.87. The van der Waals surface area contributed by atoms with Crippen molar-refractivity contribution in [2.24, 2.45) is 0 Å². The summed E-state index contributed by atoms with van der Waals surface area (Å²) in [6.45, 7) is 1.74. The molecule has 0 atom stereocenters. The van der Waals surface area contributed by atoms with Crippen LogP contribution in [0.25, 0.3) is 0 Å². The molecule has 1 fully saturated rings. The molecule has 0 aliphatic heterocycles. The van der Waals surface area contributed by atoms with Gasteiger partial charge in [-0.1, -0.05) is 6.07 Å². The lowest BCUT2D eigenvalue weighted by atomic mass is 10.2. The van der Waals surface area contributed by atoms with Gasteiger partial charge in [-0.3, -0.25) is 4.79 Å². The molecule has 124 valence electrons. The third-order valence-electron chi connectivity index (χ3n) is 3.54. The second-order valence-electron chi connectivity index (χ2n) is 5.63. The Labute approximate surface area is 139 Å². The van der Waals surface area contributed by atoms with Gasteiger partial charge in [0.1, 0.15) is 17.3 Å². The van der Waals surface area contributed by atoms with Gasteiger partial charge in [0.25, 0.3) is 5.91 Å². The van der Waals surface area contributed by atoms with Gasteiger partial charge in [0.15, 0.2) is 0 Å². The third-order valence-corrected chi connectivity index (χ3v) is 3.54. The Morgan fingerprint density at radius 2 is 2.00 bits per heavy atom. The molecule has 0 radical (unpaired) electrons. The number of carbonyl (C=O) groups is 2. The number of nitrogens with zero attached hydrogens (tertiary/aromatic N) is 2. The van der Waals surface area contributed by atoms with Crippen molar-refractivity contribution in [3.05, 3.63) is 47.4 Å². The van der Waals surface area contributed by atoms with E-state index in [2.05, 4.69) is 25.3 Å². The standard InChI is InChI=1S/C17H18N4O3/c1-10-18-14(9-15(19-10)20-12-6-7-12)16(22)21-13-5-3-4-11(8-13)17(23)24-2/h3-5,8-9,12H,6-7H2,1-2H3,(H,21,22)(H,18,19,20). The predicted molar refractivity (Wildman–Crippen MR) is 89.1 cm³/mol. The van der Waals surface area contributed by atoms with Crippen LogP contribution in [0.1, 0.15) is 39.5 Å². The molecule has 1 aliphatic rings. The number of hydrogen-bond acceptors (Lipinski definition) is 6. The number of amides is 1. The average molecular weight is 326 g/mol. The molecule has 1 aromatic carbocycles. The Hall–Kier alpha value is -2.96. The number of anilines is 2. The fraction of sp³-hybridized carbons (Fsp3) is 0.294. The van der Waals surface area contributed by atoms with Crippen molar-refractivity contribution in [2.45, 2.75) is 25.8 Å². The van der Waals surface area contributed by atoms with Crippen LogP contribution in [0.5, 0.6) is 0 Å². The number of esters is 1. The van der Waals surface area contributed by atoms with Crippen molar-refractivity contribution >= 4 is 23.4 Å². The Balaban J connectivity index is 1.77. The van der Waals surface area contributed by atoms with Gasteiger partial charge in [0.05, 0.1) is 12.7 Å².